The fraction of sp³-hybridized carbons (Fsp3) is 0.182. The second-order valence-electron chi connectivity index (χ2n) is 6.54. The van der Waals surface area contributed by atoms with Gasteiger partial charge in [0.05, 0.1) is 0 Å². The molecule has 0 heterocycles. The van der Waals surface area contributed by atoms with Crippen LogP contribution in [-0.2, 0) is 9.59 Å². The Hall–Kier alpha value is -2.74. The first-order chi connectivity index (χ1) is 11.8. The summed E-state index contributed by atoms with van der Waals surface area (Å²) in [4.78, 5) is 23.7. The minimum Gasteiger partial charge on any atom is -0.302 e. The van der Waals surface area contributed by atoms with Crippen LogP contribution in [0, 0.1) is 11.3 Å². The van der Waals surface area contributed by atoms with Gasteiger partial charge in [-0.15, -0.1) is 0 Å². The van der Waals surface area contributed by atoms with Crippen molar-refractivity contribution in [2.45, 2.75) is 12.3 Å². The number of benzene rings is 2. The molecule has 0 saturated carbocycles. The van der Waals surface area contributed by atoms with Crippen molar-refractivity contribution in [3.63, 3.8) is 0 Å². The summed E-state index contributed by atoms with van der Waals surface area (Å²) >= 11 is 0. The highest BCUT2D eigenvalue weighted by Crippen LogP contribution is 2.49. The summed E-state index contributed by atoms with van der Waals surface area (Å²) in [6, 6.07) is 14.5. The molecule has 0 bridgehead atoms. The van der Waals surface area contributed by atoms with E-state index in [1.54, 1.807) is 6.08 Å². The van der Waals surface area contributed by atoms with E-state index in [9.17, 15) is 9.59 Å². The number of carbonyl (C=O) groups is 2. The molecule has 0 spiro atoms. The van der Waals surface area contributed by atoms with Crippen molar-refractivity contribution in [2.75, 3.05) is 0 Å². The standard InChI is InChI=1S/C22H18O2/c23-14-22(15-24)13-5-9-17-8-4-12-20(21(17)22)19-11-3-7-16-6-1-2-10-18(16)19/h1-8,10-15,20-21H,9H2. The number of aldehydes is 2. The monoisotopic (exact) mass is 314 g/mol. The molecule has 2 aromatic rings. The fourth-order valence-electron chi connectivity index (χ4n) is 4.15. The lowest BCUT2D eigenvalue weighted by Crippen LogP contribution is -2.39. The summed E-state index contributed by atoms with van der Waals surface area (Å²) in [6.45, 7) is 0. The maximum atomic E-state index is 11.9. The van der Waals surface area contributed by atoms with Crippen LogP contribution in [0.4, 0.5) is 0 Å². The van der Waals surface area contributed by atoms with Crippen LogP contribution in [0.2, 0.25) is 0 Å². The summed E-state index contributed by atoms with van der Waals surface area (Å²) < 4.78 is 0. The molecule has 0 amide bonds. The third kappa shape index (κ3) is 2.10. The van der Waals surface area contributed by atoms with Crippen LogP contribution in [0.1, 0.15) is 17.9 Å². The number of carbonyl (C=O) groups excluding carboxylic acids is 2. The number of hydrogen-bond donors (Lipinski definition) is 0. The maximum Gasteiger partial charge on any atom is 0.137 e. The quantitative estimate of drug-likeness (QED) is 0.478. The molecule has 0 radical (unpaired) electrons. The highest BCUT2D eigenvalue weighted by molar-refractivity contribution is 5.90. The Morgan fingerprint density at radius 2 is 1.79 bits per heavy atom. The van der Waals surface area contributed by atoms with Gasteiger partial charge < -0.3 is 9.59 Å². The second-order valence-corrected chi connectivity index (χ2v) is 6.54. The van der Waals surface area contributed by atoms with Crippen LogP contribution >= 0.6 is 0 Å². The molecule has 2 aliphatic carbocycles. The smallest absolute Gasteiger partial charge is 0.137 e. The van der Waals surface area contributed by atoms with Crippen molar-refractivity contribution in [1.82, 2.24) is 0 Å². The lowest BCUT2D eigenvalue weighted by Gasteiger charge is -2.40. The van der Waals surface area contributed by atoms with E-state index in [-0.39, 0.29) is 11.8 Å². The largest absolute Gasteiger partial charge is 0.302 e. The molecular formula is C22H18O2. The van der Waals surface area contributed by atoms with Gasteiger partial charge in [0.15, 0.2) is 0 Å². The van der Waals surface area contributed by atoms with Crippen LogP contribution in [0.25, 0.3) is 10.8 Å². The molecule has 2 atom stereocenters. The molecule has 0 saturated heterocycles. The first kappa shape index (κ1) is 14.8. The van der Waals surface area contributed by atoms with Crippen molar-refractivity contribution in [1.29, 1.82) is 0 Å². The lowest BCUT2D eigenvalue weighted by molar-refractivity contribution is -0.126. The van der Waals surface area contributed by atoms with Gasteiger partial charge in [0.25, 0.3) is 0 Å². The maximum absolute atomic E-state index is 11.9. The van der Waals surface area contributed by atoms with Crippen LogP contribution in [-0.4, -0.2) is 12.6 Å². The first-order valence-corrected chi connectivity index (χ1v) is 8.24. The van der Waals surface area contributed by atoms with Gasteiger partial charge >= 0.3 is 0 Å². The fourth-order valence-corrected chi connectivity index (χ4v) is 4.15. The van der Waals surface area contributed by atoms with E-state index in [1.165, 1.54) is 16.3 Å². The SMILES string of the molecule is O=CC1(C=O)C=CCC2=CC=CC(c3cccc4ccccc34)C21. The van der Waals surface area contributed by atoms with Crippen molar-refractivity contribution in [3.8, 4) is 0 Å². The Kier molecular flexibility index (Phi) is 3.53. The van der Waals surface area contributed by atoms with Gasteiger partial charge in [-0.2, -0.15) is 0 Å². The van der Waals surface area contributed by atoms with Crippen molar-refractivity contribution >= 4 is 23.3 Å². The molecule has 2 aromatic carbocycles. The van der Waals surface area contributed by atoms with Gasteiger partial charge in [-0.25, -0.2) is 0 Å². The molecule has 0 N–H and O–H groups in total. The van der Waals surface area contributed by atoms with E-state index in [1.807, 2.05) is 24.3 Å². The van der Waals surface area contributed by atoms with Crippen molar-refractivity contribution < 1.29 is 9.59 Å². The zero-order valence-corrected chi connectivity index (χ0v) is 13.3. The minimum absolute atomic E-state index is 0.0106. The molecule has 0 fully saturated rings. The van der Waals surface area contributed by atoms with Crippen molar-refractivity contribution in [3.05, 3.63) is 84.0 Å². The van der Waals surface area contributed by atoms with Crippen LogP contribution < -0.4 is 0 Å². The molecule has 4 rings (SSSR count). The van der Waals surface area contributed by atoms with Crippen molar-refractivity contribution in [2.24, 2.45) is 11.3 Å². The van der Waals surface area contributed by atoms with Gasteiger partial charge in [-0.3, -0.25) is 0 Å². The zero-order chi connectivity index (χ0) is 16.6. The average molecular weight is 314 g/mol. The third-order valence-electron chi connectivity index (χ3n) is 5.28. The summed E-state index contributed by atoms with van der Waals surface area (Å²) in [5.41, 5.74) is 1.25. The third-order valence-corrected chi connectivity index (χ3v) is 5.28. The van der Waals surface area contributed by atoms with Gasteiger partial charge in [0.1, 0.15) is 18.0 Å². The van der Waals surface area contributed by atoms with Crippen LogP contribution in [0.5, 0.6) is 0 Å². The Labute approximate surface area is 141 Å². The highest BCUT2D eigenvalue weighted by Gasteiger charge is 2.45. The second kappa shape index (κ2) is 5.72. The highest BCUT2D eigenvalue weighted by atomic mass is 16.1. The van der Waals surface area contributed by atoms with Gasteiger partial charge in [-0.05, 0) is 22.8 Å². The summed E-state index contributed by atoms with van der Waals surface area (Å²) in [6.07, 6.45) is 12.4. The van der Waals surface area contributed by atoms with Crippen LogP contribution in [0.15, 0.2) is 78.4 Å². The van der Waals surface area contributed by atoms with E-state index < -0.39 is 5.41 Å². The molecule has 0 aliphatic heterocycles. The molecule has 2 nitrogen and oxygen atoms in total. The average Bonchev–Trinajstić information content (AvgIpc) is 2.66. The lowest BCUT2D eigenvalue weighted by atomic mass is 9.61. The molecule has 118 valence electrons. The van der Waals surface area contributed by atoms with Gasteiger partial charge in [0, 0.05) is 11.8 Å². The number of fused-ring (bicyclic) bond motifs is 2. The summed E-state index contributed by atoms with van der Waals surface area (Å²) in [7, 11) is 0. The van der Waals surface area contributed by atoms with E-state index in [0.29, 0.717) is 0 Å². The van der Waals surface area contributed by atoms with Gasteiger partial charge in [-0.1, -0.05) is 78.4 Å². The zero-order valence-electron chi connectivity index (χ0n) is 13.3. The van der Waals surface area contributed by atoms with E-state index in [4.69, 9.17) is 0 Å². The Morgan fingerprint density at radius 1 is 1.00 bits per heavy atom. The number of hydrogen-bond acceptors (Lipinski definition) is 2. The Balaban J connectivity index is 1.93. The minimum atomic E-state index is -1.07. The predicted octanol–water partition coefficient (Wildman–Crippen LogP) is 4.38. The Bertz CT molecular complexity index is 888. The van der Waals surface area contributed by atoms with E-state index in [2.05, 4.69) is 42.5 Å². The molecular weight excluding hydrogens is 296 g/mol. The molecule has 0 aromatic heterocycles. The molecule has 2 aliphatic rings. The number of allylic oxidation sites excluding steroid dienone is 6. The topological polar surface area (TPSA) is 34.1 Å². The molecule has 2 heteroatoms. The number of rotatable bonds is 3. The summed E-state index contributed by atoms with van der Waals surface area (Å²) in [5, 5.41) is 2.35. The first-order valence-electron chi connectivity index (χ1n) is 8.24. The van der Waals surface area contributed by atoms with E-state index >= 15 is 0 Å². The predicted molar refractivity (Wildman–Crippen MR) is 95.7 cm³/mol. The molecule has 24 heavy (non-hydrogen) atoms. The van der Waals surface area contributed by atoms with E-state index in [0.717, 1.165) is 24.6 Å². The Morgan fingerprint density at radius 3 is 2.62 bits per heavy atom. The van der Waals surface area contributed by atoms with Crippen LogP contribution in [0.3, 0.4) is 0 Å². The normalized spacial score (nSPS) is 24.2. The summed E-state index contributed by atoms with van der Waals surface area (Å²) in [5.74, 6) is -0.134. The van der Waals surface area contributed by atoms with Gasteiger partial charge in [0.2, 0.25) is 0 Å². The molecule has 2 unspecified atom stereocenters.